The number of alkyl halides is 3. The maximum absolute atomic E-state index is 12.1. The van der Waals surface area contributed by atoms with Gasteiger partial charge in [-0.2, -0.15) is 13.2 Å². The number of rotatable bonds is 4. The highest BCUT2D eigenvalue weighted by atomic mass is 19.4. The molecule has 17 heavy (non-hydrogen) atoms. The van der Waals surface area contributed by atoms with Gasteiger partial charge >= 0.3 is 12.1 Å². The number of hydrogen-bond donors (Lipinski definition) is 2. The van der Waals surface area contributed by atoms with E-state index < -0.39 is 24.2 Å². The van der Waals surface area contributed by atoms with E-state index in [4.69, 9.17) is 5.11 Å². The molecule has 1 unspecified atom stereocenters. The van der Waals surface area contributed by atoms with Gasteiger partial charge in [-0.1, -0.05) is 0 Å². The first kappa shape index (κ1) is 12.6. The van der Waals surface area contributed by atoms with Crippen LogP contribution in [-0.2, 0) is 4.79 Å². The molecule has 1 aliphatic carbocycles. The van der Waals surface area contributed by atoms with Gasteiger partial charge in [0.15, 0.2) is 0 Å². The Balaban J connectivity index is 1.98. The van der Waals surface area contributed by atoms with Crippen LogP contribution in [0.2, 0.25) is 0 Å². The van der Waals surface area contributed by atoms with Gasteiger partial charge in [0.25, 0.3) is 0 Å². The lowest BCUT2D eigenvalue weighted by molar-refractivity contribution is -0.149. The number of carbonyl (C=O) groups is 1. The molecular formula is C10H15F3N2O2. The Morgan fingerprint density at radius 1 is 1.47 bits per heavy atom. The highest BCUT2D eigenvalue weighted by Crippen LogP contribution is 2.34. The molecule has 2 fully saturated rings. The lowest BCUT2D eigenvalue weighted by Crippen LogP contribution is -2.56. The molecule has 0 aromatic carbocycles. The quantitative estimate of drug-likeness (QED) is 0.778. The molecule has 2 rings (SSSR count). The molecule has 1 saturated carbocycles. The summed E-state index contributed by atoms with van der Waals surface area (Å²) in [5, 5.41) is 11.3. The molecule has 2 N–H and O–H groups in total. The number of carboxylic acids is 1. The summed E-state index contributed by atoms with van der Waals surface area (Å²) in [4.78, 5) is 13.1. The second-order valence-electron chi connectivity index (χ2n) is 4.81. The smallest absolute Gasteiger partial charge is 0.401 e. The summed E-state index contributed by atoms with van der Waals surface area (Å²) >= 11 is 0. The third-order valence-corrected chi connectivity index (χ3v) is 3.40. The molecular weight excluding hydrogens is 237 g/mol. The minimum atomic E-state index is -4.38. The molecule has 1 aliphatic heterocycles. The summed E-state index contributed by atoms with van der Waals surface area (Å²) in [5.41, 5.74) is -1.43. The first-order valence-electron chi connectivity index (χ1n) is 5.62. The fraction of sp³-hybridized carbons (Fsp3) is 0.900. The first-order valence-corrected chi connectivity index (χ1v) is 5.62. The summed E-state index contributed by atoms with van der Waals surface area (Å²) < 4.78 is 36.4. The van der Waals surface area contributed by atoms with E-state index >= 15 is 0 Å². The Morgan fingerprint density at radius 3 is 2.59 bits per heavy atom. The van der Waals surface area contributed by atoms with Crippen LogP contribution in [0.25, 0.3) is 0 Å². The molecule has 0 aromatic rings. The number of nitrogens with zero attached hydrogens (tertiary/aromatic N) is 1. The van der Waals surface area contributed by atoms with Crippen molar-refractivity contribution in [3.63, 3.8) is 0 Å². The van der Waals surface area contributed by atoms with Gasteiger partial charge < -0.3 is 5.11 Å². The van der Waals surface area contributed by atoms with Gasteiger partial charge in [0.2, 0.25) is 0 Å². The average molecular weight is 252 g/mol. The number of hydrogen-bond acceptors (Lipinski definition) is 3. The predicted molar refractivity (Wildman–Crippen MR) is 53.6 cm³/mol. The normalized spacial score (nSPS) is 30.8. The molecule has 0 bridgehead atoms. The molecule has 7 heteroatoms. The Hall–Kier alpha value is -0.820. The van der Waals surface area contributed by atoms with E-state index in [0.717, 1.165) is 12.8 Å². The van der Waals surface area contributed by atoms with E-state index in [9.17, 15) is 18.0 Å². The summed E-state index contributed by atoms with van der Waals surface area (Å²) in [6, 6.07) is 0.379. The van der Waals surface area contributed by atoms with Gasteiger partial charge in [0, 0.05) is 19.1 Å². The van der Waals surface area contributed by atoms with Gasteiger partial charge in [-0.25, -0.2) is 0 Å². The van der Waals surface area contributed by atoms with Gasteiger partial charge in [-0.3, -0.25) is 15.0 Å². The van der Waals surface area contributed by atoms with Crippen LogP contribution in [0.1, 0.15) is 19.3 Å². The SMILES string of the molecule is O=C(O)C1(NCC(F)(F)F)CCN(C2CC2)C1. The largest absolute Gasteiger partial charge is 0.480 e. The van der Waals surface area contributed by atoms with Crippen molar-refractivity contribution in [1.82, 2.24) is 10.2 Å². The second kappa shape index (κ2) is 4.13. The molecule has 0 aromatic heterocycles. The van der Waals surface area contributed by atoms with Crippen molar-refractivity contribution in [3.8, 4) is 0 Å². The minimum absolute atomic E-state index is 0.170. The van der Waals surface area contributed by atoms with Crippen molar-refractivity contribution >= 4 is 5.97 Å². The maximum atomic E-state index is 12.1. The summed E-state index contributed by atoms with van der Waals surface area (Å²) in [5.74, 6) is -1.19. The van der Waals surface area contributed by atoms with Crippen LogP contribution in [0.5, 0.6) is 0 Å². The Bertz CT molecular complexity index is 317. The van der Waals surface area contributed by atoms with Crippen LogP contribution in [0.15, 0.2) is 0 Å². The number of nitrogens with one attached hydrogen (secondary N) is 1. The summed E-state index contributed by atoms with van der Waals surface area (Å²) in [6.07, 6.45) is -2.10. The Morgan fingerprint density at radius 2 is 2.12 bits per heavy atom. The monoisotopic (exact) mass is 252 g/mol. The third kappa shape index (κ3) is 2.90. The molecule has 2 aliphatic rings. The highest BCUT2D eigenvalue weighted by molar-refractivity contribution is 5.79. The molecule has 0 spiro atoms. The van der Waals surface area contributed by atoms with E-state index in [1.807, 2.05) is 4.90 Å². The fourth-order valence-corrected chi connectivity index (χ4v) is 2.25. The zero-order chi connectivity index (χ0) is 12.7. The fourth-order valence-electron chi connectivity index (χ4n) is 2.25. The predicted octanol–water partition coefficient (Wildman–Crippen LogP) is 0.830. The van der Waals surface area contributed by atoms with E-state index in [1.165, 1.54) is 0 Å². The van der Waals surface area contributed by atoms with Crippen molar-refractivity contribution in [2.45, 2.75) is 37.0 Å². The van der Waals surface area contributed by atoms with Crippen molar-refractivity contribution < 1.29 is 23.1 Å². The van der Waals surface area contributed by atoms with Crippen LogP contribution >= 0.6 is 0 Å². The topological polar surface area (TPSA) is 52.6 Å². The van der Waals surface area contributed by atoms with Crippen LogP contribution in [0.3, 0.4) is 0 Å². The van der Waals surface area contributed by atoms with Gasteiger partial charge in [0.1, 0.15) is 5.54 Å². The summed E-state index contributed by atoms with van der Waals surface area (Å²) in [7, 11) is 0. The van der Waals surface area contributed by atoms with E-state index in [2.05, 4.69) is 5.32 Å². The molecule has 1 atom stereocenters. The molecule has 0 amide bonds. The molecule has 98 valence electrons. The molecule has 4 nitrogen and oxygen atoms in total. The maximum Gasteiger partial charge on any atom is 0.401 e. The van der Waals surface area contributed by atoms with Gasteiger partial charge in [-0.15, -0.1) is 0 Å². The van der Waals surface area contributed by atoms with Crippen LogP contribution < -0.4 is 5.32 Å². The van der Waals surface area contributed by atoms with Crippen LogP contribution in [0.4, 0.5) is 13.2 Å². The van der Waals surface area contributed by atoms with Crippen molar-refractivity contribution in [2.24, 2.45) is 0 Å². The van der Waals surface area contributed by atoms with Gasteiger partial charge in [-0.05, 0) is 19.3 Å². The highest BCUT2D eigenvalue weighted by Gasteiger charge is 2.49. The van der Waals surface area contributed by atoms with Crippen LogP contribution in [-0.4, -0.2) is 53.4 Å². The molecule has 1 saturated heterocycles. The standard InChI is InChI=1S/C10H15F3N2O2/c11-10(12,13)5-14-9(8(16)17)3-4-15(6-9)7-1-2-7/h7,14H,1-6H2,(H,16,17). The lowest BCUT2D eigenvalue weighted by Gasteiger charge is -2.27. The number of halogens is 3. The Labute approximate surface area is 96.8 Å². The van der Waals surface area contributed by atoms with E-state index in [0.29, 0.717) is 12.6 Å². The Kier molecular flexibility index (Phi) is 3.07. The first-order chi connectivity index (χ1) is 7.82. The van der Waals surface area contributed by atoms with Gasteiger partial charge in [0.05, 0.1) is 6.54 Å². The molecule has 0 radical (unpaired) electrons. The van der Waals surface area contributed by atoms with Crippen molar-refractivity contribution in [3.05, 3.63) is 0 Å². The average Bonchev–Trinajstić information content (AvgIpc) is 2.95. The van der Waals surface area contributed by atoms with Crippen molar-refractivity contribution in [1.29, 1.82) is 0 Å². The third-order valence-electron chi connectivity index (χ3n) is 3.40. The van der Waals surface area contributed by atoms with E-state index in [1.54, 1.807) is 0 Å². The van der Waals surface area contributed by atoms with Crippen LogP contribution in [0, 0.1) is 0 Å². The molecule has 1 heterocycles. The number of aliphatic carboxylic acids is 1. The van der Waals surface area contributed by atoms with E-state index in [-0.39, 0.29) is 13.0 Å². The zero-order valence-electron chi connectivity index (χ0n) is 9.26. The minimum Gasteiger partial charge on any atom is -0.480 e. The number of likely N-dealkylation sites (tertiary alicyclic amines) is 1. The summed E-state index contributed by atoms with van der Waals surface area (Å²) in [6.45, 7) is -0.525. The zero-order valence-corrected chi connectivity index (χ0v) is 9.26. The lowest BCUT2D eigenvalue weighted by atomic mass is 9.99. The number of carboxylic acid groups (broad SMARTS) is 1. The van der Waals surface area contributed by atoms with Crippen molar-refractivity contribution in [2.75, 3.05) is 19.6 Å². The second-order valence-corrected chi connectivity index (χ2v) is 4.81.